The normalized spacial score (nSPS) is 21.3. The van der Waals surface area contributed by atoms with Crippen molar-refractivity contribution in [3.05, 3.63) is 35.4 Å². The minimum Gasteiger partial charge on any atom is -0.338 e. The van der Waals surface area contributed by atoms with Crippen LogP contribution in [-0.4, -0.2) is 43.8 Å². The molecule has 0 aromatic heterocycles. The van der Waals surface area contributed by atoms with E-state index in [1.165, 1.54) is 4.90 Å². The van der Waals surface area contributed by atoms with Crippen LogP contribution < -0.4 is 0 Å². The van der Waals surface area contributed by atoms with E-state index in [4.69, 9.17) is 11.6 Å². The first-order valence-electron chi connectivity index (χ1n) is 6.05. The molecule has 104 valence electrons. The zero-order valence-electron chi connectivity index (χ0n) is 10.7. The highest BCUT2D eigenvalue weighted by atomic mass is 35.5. The Balaban J connectivity index is 2.10. The summed E-state index contributed by atoms with van der Waals surface area (Å²) in [6.07, 6.45) is 0.518. The predicted octanol–water partition coefficient (Wildman–Crippen LogP) is 1.68. The van der Waals surface area contributed by atoms with Gasteiger partial charge in [-0.1, -0.05) is 12.1 Å². The average molecular weight is 302 g/mol. The molecule has 4 nitrogen and oxygen atoms in total. The van der Waals surface area contributed by atoms with Crippen molar-refractivity contribution in [2.24, 2.45) is 0 Å². The molecular formula is C13H16ClNO3S. The van der Waals surface area contributed by atoms with Gasteiger partial charge in [-0.3, -0.25) is 4.79 Å². The zero-order chi connectivity index (χ0) is 14.0. The summed E-state index contributed by atoms with van der Waals surface area (Å²) in [6, 6.07) is 6.84. The minimum absolute atomic E-state index is 0.0645. The first-order valence-corrected chi connectivity index (χ1v) is 8.41. The summed E-state index contributed by atoms with van der Waals surface area (Å²) in [5.41, 5.74) is 1.50. The molecule has 1 atom stereocenters. The fourth-order valence-corrected chi connectivity index (χ4v) is 4.14. The van der Waals surface area contributed by atoms with Crippen molar-refractivity contribution in [1.82, 2.24) is 4.90 Å². The summed E-state index contributed by atoms with van der Waals surface area (Å²) in [6.45, 7) is 0. The fourth-order valence-electron chi connectivity index (χ4n) is 2.19. The second kappa shape index (κ2) is 5.51. The second-order valence-corrected chi connectivity index (χ2v) is 7.30. The number of halogens is 1. The maximum atomic E-state index is 12.2. The van der Waals surface area contributed by atoms with Gasteiger partial charge >= 0.3 is 0 Å². The van der Waals surface area contributed by atoms with E-state index in [-0.39, 0.29) is 23.5 Å². The molecular weight excluding hydrogens is 286 g/mol. The van der Waals surface area contributed by atoms with Gasteiger partial charge in [0.25, 0.3) is 5.91 Å². The fraction of sp³-hybridized carbons (Fsp3) is 0.462. The van der Waals surface area contributed by atoms with Gasteiger partial charge in [-0.2, -0.15) is 0 Å². The molecule has 6 heteroatoms. The Morgan fingerprint density at radius 1 is 1.37 bits per heavy atom. The van der Waals surface area contributed by atoms with Gasteiger partial charge in [-0.05, 0) is 24.1 Å². The minimum atomic E-state index is -2.98. The van der Waals surface area contributed by atoms with E-state index in [0.29, 0.717) is 17.9 Å². The van der Waals surface area contributed by atoms with E-state index in [1.807, 2.05) is 0 Å². The molecule has 1 saturated heterocycles. The third kappa shape index (κ3) is 3.28. The Labute approximate surface area is 118 Å². The first-order chi connectivity index (χ1) is 8.93. The molecule has 1 amide bonds. The molecule has 0 bridgehead atoms. The van der Waals surface area contributed by atoms with Crippen LogP contribution in [0.1, 0.15) is 22.3 Å². The maximum absolute atomic E-state index is 12.2. The number of carbonyl (C=O) groups excluding carboxylic acids is 1. The third-order valence-corrected chi connectivity index (χ3v) is 5.49. The Kier molecular flexibility index (Phi) is 4.16. The number of sulfone groups is 1. The number of benzene rings is 1. The Morgan fingerprint density at radius 3 is 2.47 bits per heavy atom. The van der Waals surface area contributed by atoms with Gasteiger partial charge in [0.2, 0.25) is 0 Å². The van der Waals surface area contributed by atoms with E-state index >= 15 is 0 Å². The maximum Gasteiger partial charge on any atom is 0.253 e. The molecule has 1 aromatic carbocycles. The molecule has 0 spiro atoms. The zero-order valence-corrected chi connectivity index (χ0v) is 12.2. The molecule has 0 saturated carbocycles. The van der Waals surface area contributed by atoms with Gasteiger partial charge in [-0.25, -0.2) is 8.42 Å². The molecule has 2 rings (SSSR count). The molecule has 1 fully saturated rings. The van der Waals surface area contributed by atoms with Gasteiger partial charge < -0.3 is 4.90 Å². The van der Waals surface area contributed by atoms with Crippen molar-refractivity contribution < 1.29 is 13.2 Å². The van der Waals surface area contributed by atoms with Crippen LogP contribution in [0.15, 0.2) is 24.3 Å². The van der Waals surface area contributed by atoms with Crippen LogP contribution in [0.2, 0.25) is 0 Å². The van der Waals surface area contributed by atoms with E-state index in [0.717, 1.165) is 5.56 Å². The Morgan fingerprint density at radius 2 is 2.00 bits per heavy atom. The number of hydrogen-bond donors (Lipinski definition) is 0. The van der Waals surface area contributed by atoms with Crippen LogP contribution in [0.3, 0.4) is 0 Å². The molecule has 0 aliphatic carbocycles. The van der Waals surface area contributed by atoms with Crippen molar-refractivity contribution in [2.45, 2.75) is 18.3 Å². The highest BCUT2D eigenvalue weighted by Crippen LogP contribution is 2.19. The number of nitrogens with zero attached hydrogens (tertiary/aromatic N) is 1. The van der Waals surface area contributed by atoms with Gasteiger partial charge in [-0.15, -0.1) is 11.6 Å². The number of alkyl halides is 1. The smallest absolute Gasteiger partial charge is 0.253 e. The largest absolute Gasteiger partial charge is 0.338 e. The summed E-state index contributed by atoms with van der Waals surface area (Å²) in [5.74, 6) is 0.490. The van der Waals surface area contributed by atoms with Crippen LogP contribution in [-0.2, 0) is 15.7 Å². The monoisotopic (exact) mass is 301 g/mol. The quantitative estimate of drug-likeness (QED) is 0.798. The lowest BCUT2D eigenvalue weighted by Crippen LogP contribution is -2.37. The van der Waals surface area contributed by atoms with Gasteiger partial charge in [0.05, 0.1) is 11.5 Å². The topological polar surface area (TPSA) is 54.5 Å². The van der Waals surface area contributed by atoms with Gasteiger partial charge in [0.15, 0.2) is 9.84 Å². The molecule has 1 aliphatic rings. The van der Waals surface area contributed by atoms with E-state index in [1.54, 1.807) is 31.3 Å². The highest BCUT2D eigenvalue weighted by molar-refractivity contribution is 7.91. The highest BCUT2D eigenvalue weighted by Gasteiger charge is 2.32. The lowest BCUT2D eigenvalue weighted by Gasteiger charge is -2.23. The SMILES string of the molecule is CN(C(=O)c1ccc(CCl)cc1)C1CCS(=O)(=O)C1. The van der Waals surface area contributed by atoms with Crippen molar-refractivity contribution >= 4 is 27.3 Å². The summed E-state index contributed by atoms with van der Waals surface area (Å²) >= 11 is 5.69. The van der Waals surface area contributed by atoms with Crippen molar-refractivity contribution in [3.63, 3.8) is 0 Å². The predicted molar refractivity (Wildman–Crippen MR) is 75.2 cm³/mol. The van der Waals surface area contributed by atoms with Crippen LogP contribution in [0, 0.1) is 0 Å². The number of amides is 1. The number of rotatable bonds is 3. The molecule has 1 unspecified atom stereocenters. The molecule has 0 N–H and O–H groups in total. The second-order valence-electron chi connectivity index (χ2n) is 4.80. The Bertz CT molecular complexity index is 568. The van der Waals surface area contributed by atoms with E-state index in [9.17, 15) is 13.2 Å². The van der Waals surface area contributed by atoms with Crippen LogP contribution in [0.5, 0.6) is 0 Å². The molecule has 19 heavy (non-hydrogen) atoms. The lowest BCUT2D eigenvalue weighted by atomic mass is 10.1. The van der Waals surface area contributed by atoms with E-state index < -0.39 is 9.84 Å². The van der Waals surface area contributed by atoms with Crippen molar-refractivity contribution in [2.75, 3.05) is 18.6 Å². The first kappa shape index (κ1) is 14.3. The van der Waals surface area contributed by atoms with E-state index in [2.05, 4.69) is 0 Å². The van der Waals surface area contributed by atoms with Crippen LogP contribution in [0.25, 0.3) is 0 Å². The average Bonchev–Trinajstić information content (AvgIpc) is 2.77. The molecule has 1 aromatic rings. The number of carbonyl (C=O) groups is 1. The number of hydrogen-bond acceptors (Lipinski definition) is 3. The summed E-state index contributed by atoms with van der Waals surface area (Å²) in [7, 11) is -1.32. The Hall–Kier alpha value is -1.07. The van der Waals surface area contributed by atoms with Gasteiger partial charge in [0, 0.05) is 24.5 Å². The lowest BCUT2D eigenvalue weighted by molar-refractivity contribution is 0.0747. The van der Waals surface area contributed by atoms with Crippen molar-refractivity contribution in [1.29, 1.82) is 0 Å². The van der Waals surface area contributed by atoms with Gasteiger partial charge in [0.1, 0.15) is 0 Å². The van der Waals surface area contributed by atoms with Crippen LogP contribution in [0.4, 0.5) is 0 Å². The summed E-state index contributed by atoms with van der Waals surface area (Å²) in [5, 5.41) is 0. The molecule has 1 aliphatic heterocycles. The molecule has 1 heterocycles. The third-order valence-electron chi connectivity index (χ3n) is 3.43. The standard InChI is InChI=1S/C13H16ClNO3S/c1-15(12-6-7-19(17,18)9-12)13(16)11-4-2-10(8-14)3-5-11/h2-5,12H,6-9H2,1H3. The summed E-state index contributed by atoms with van der Waals surface area (Å²) < 4.78 is 22.9. The summed E-state index contributed by atoms with van der Waals surface area (Å²) in [4.78, 5) is 13.8. The molecule has 0 radical (unpaired) electrons. The van der Waals surface area contributed by atoms with Crippen LogP contribution >= 0.6 is 11.6 Å². The van der Waals surface area contributed by atoms with Crippen molar-refractivity contribution in [3.8, 4) is 0 Å².